The van der Waals surface area contributed by atoms with Crippen LogP contribution in [0.25, 0.3) is 0 Å². The third-order valence-corrected chi connectivity index (χ3v) is 7.22. The molecule has 1 fully saturated rings. The van der Waals surface area contributed by atoms with Crippen LogP contribution in [-0.4, -0.2) is 82.4 Å². The van der Waals surface area contributed by atoms with Crippen LogP contribution in [0.1, 0.15) is 92.4 Å². The normalized spacial score (nSPS) is 18.4. The Kier molecular flexibility index (Phi) is 10.8. The molecule has 1 saturated heterocycles. The van der Waals surface area contributed by atoms with E-state index in [0.717, 1.165) is 38.5 Å². The SMILES string of the molecule is CCOC(=O)[C@H](CCCCCCCCN1C(=O)c2ccccc2C1=O)N[C@@H](C)C(=O)N1CCC[C@H]1C(=O)O. The number of nitrogens with one attached hydrogen (secondary N) is 1. The van der Waals surface area contributed by atoms with Gasteiger partial charge in [-0.05, 0) is 51.7 Å². The summed E-state index contributed by atoms with van der Waals surface area (Å²) in [7, 11) is 0. The molecule has 0 bridgehead atoms. The first-order valence-corrected chi connectivity index (χ1v) is 13.7. The molecule has 3 rings (SSSR count). The zero-order valence-electron chi connectivity index (χ0n) is 22.3. The Labute approximate surface area is 223 Å². The van der Waals surface area contributed by atoms with Crippen molar-refractivity contribution in [1.82, 2.24) is 15.1 Å². The quantitative estimate of drug-likeness (QED) is 0.201. The minimum Gasteiger partial charge on any atom is -0.480 e. The lowest BCUT2D eigenvalue weighted by Gasteiger charge is -2.27. The number of nitrogens with zero attached hydrogens (tertiary/aromatic N) is 2. The van der Waals surface area contributed by atoms with Crippen LogP contribution in [-0.2, 0) is 19.1 Å². The van der Waals surface area contributed by atoms with Crippen molar-refractivity contribution in [3.05, 3.63) is 35.4 Å². The van der Waals surface area contributed by atoms with Gasteiger partial charge in [-0.2, -0.15) is 0 Å². The van der Waals surface area contributed by atoms with E-state index in [0.29, 0.717) is 43.5 Å². The molecule has 208 valence electrons. The van der Waals surface area contributed by atoms with Gasteiger partial charge in [0.1, 0.15) is 12.1 Å². The molecule has 0 spiro atoms. The molecule has 2 aliphatic rings. The third kappa shape index (κ3) is 7.18. The molecule has 0 aromatic heterocycles. The molecule has 0 saturated carbocycles. The van der Waals surface area contributed by atoms with Crippen molar-refractivity contribution in [2.45, 2.75) is 89.8 Å². The van der Waals surface area contributed by atoms with Crippen molar-refractivity contribution in [2.24, 2.45) is 0 Å². The number of fused-ring (bicyclic) bond motifs is 1. The lowest BCUT2D eigenvalue weighted by molar-refractivity contribution is -0.150. The highest BCUT2D eigenvalue weighted by atomic mass is 16.5. The molecule has 2 aliphatic heterocycles. The van der Waals surface area contributed by atoms with Crippen LogP contribution in [0.2, 0.25) is 0 Å². The predicted molar refractivity (Wildman–Crippen MR) is 140 cm³/mol. The number of rotatable bonds is 15. The molecule has 0 unspecified atom stereocenters. The maximum Gasteiger partial charge on any atom is 0.326 e. The smallest absolute Gasteiger partial charge is 0.326 e. The lowest BCUT2D eigenvalue weighted by atomic mass is 10.0. The number of hydrogen-bond acceptors (Lipinski definition) is 7. The number of unbranched alkanes of at least 4 members (excludes halogenated alkanes) is 5. The fraction of sp³-hybridized carbons (Fsp3) is 0.607. The van der Waals surface area contributed by atoms with Crippen LogP contribution < -0.4 is 5.32 Å². The van der Waals surface area contributed by atoms with Crippen LogP contribution in [0, 0.1) is 0 Å². The number of ether oxygens (including phenoxy) is 1. The van der Waals surface area contributed by atoms with Gasteiger partial charge < -0.3 is 14.7 Å². The summed E-state index contributed by atoms with van der Waals surface area (Å²) >= 11 is 0. The number of benzene rings is 1. The van der Waals surface area contributed by atoms with Crippen molar-refractivity contribution in [1.29, 1.82) is 0 Å². The number of imide groups is 1. The summed E-state index contributed by atoms with van der Waals surface area (Å²) in [5, 5.41) is 12.4. The van der Waals surface area contributed by atoms with Gasteiger partial charge in [0.2, 0.25) is 5.91 Å². The van der Waals surface area contributed by atoms with Crippen LogP contribution in [0.4, 0.5) is 0 Å². The summed E-state index contributed by atoms with van der Waals surface area (Å²) < 4.78 is 5.19. The fourth-order valence-electron chi connectivity index (χ4n) is 5.19. The number of carboxylic acid groups (broad SMARTS) is 1. The molecule has 38 heavy (non-hydrogen) atoms. The van der Waals surface area contributed by atoms with E-state index in [4.69, 9.17) is 4.74 Å². The van der Waals surface area contributed by atoms with Gasteiger partial charge in [0, 0.05) is 13.1 Å². The van der Waals surface area contributed by atoms with Crippen LogP contribution in [0.3, 0.4) is 0 Å². The van der Waals surface area contributed by atoms with E-state index in [-0.39, 0.29) is 24.3 Å². The van der Waals surface area contributed by atoms with Gasteiger partial charge in [0.25, 0.3) is 11.8 Å². The number of esters is 1. The second-order valence-corrected chi connectivity index (χ2v) is 9.94. The van der Waals surface area contributed by atoms with Crippen molar-refractivity contribution < 1.29 is 33.8 Å². The topological polar surface area (TPSA) is 133 Å². The first-order valence-electron chi connectivity index (χ1n) is 13.7. The molecule has 10 nitrogen and oxygen atoms in total. The molecule has 3 atom stereocenters. The van der Waals surface area contributed by atoms with Gasteiger partial charge in [-0.25, -0.2) is 4.79 Å². The Balaban J connectivity index is 1.36. The number of aliphatic carboxylic acids is 1. The van der Waals surface area contributed by atoms with Gasteiger partial charge in [-0.3, -0.25) is 29.4 Å². The standard InChI is InChI=1S/C28H39N3O7/c1-3-38-28(37)22(29-19(2)24(32)30-18-12-16-23(30)27(35)36)15-8-6-4-5-7-11-17-31-25(33)20-13-9-10-14-21(20)26(31)34/h9-10,13-14,19,22-23,29H,3-8,11-12,15-18H2,1-2H3,(H,35,36)/t19-,22-,23-/m0/s1. The first-order chi connectivity index (χ1) is 18.3. The van der Waals surface area contributed by atoms with Gasteiger partial charge >= 0.3 is 11.9 Å². The van der Waals surface area contributed by atoms with Crippen molar-refractivity contribution in [3.63, 3.8) is 0 Å². The van der Waals surface area contributed by atoms with Crippen molar-refractivity contribution in [3.8, 4) is 0 Å². The molecule has 10 heteroatoms. The van der Waals surface area contributed by atoms with Crippen molar-refractivity contribution >= 4 is 29.7 Å². The average molecular weight is 530 g/mol. The van der Waals surface area contributed by atoms with E-state index in [1.807, 2.05) is 0 Å². The number of carbonyl (C=O) groups is 5. The minimum atomic E-state index is -1.01. The number of carbonyl (C=O) groups excluding carboxylic acids is 4. The number of likely N-dealkylation sites (tertiary alicyclic amines) is 1. The summed E-state index contributed by atoms with van der Waals surface area (Å²) in [5.41, 5.74) is 0.945. The zero-order valence-corrected chi connectivity index (χ0v) is 22.3. The molecule has 1 aromatic rings. The zero-order chi connectivity index (χ0) is 27.7. The van der Waals surface area contributed by atoms with Gasteiger partial charge in [0.05, 0.1) is 23.8 Å². The highest BCUT2D eigenvalue weighted by molar-refractivity contribution is 6.21. The second kappa shape index (κ2) is 14.0. The van der Waals surface area contributed by atoms with Gasteiger partial charge in [0.15, 0.2) is 0 Å². The monoisotopic (exact) mass is 529 g/mol. The maximum absolute atomic E-state index is 12.9. The van der Waals surface area contributed by atoms with E-state index in [2.05, 4.69) is 5.32 Å². The summed E-state index contributed by atoms with van der Waals surface area (Å²) in [5.74, 6) is -2.18. The largest absolute Gasteiger partial charge is 0.480 e. The van der Waals surface area contributed by atoms with E-state index >= 15 is 0 Å². The van der Waals surface area contributed by atoms with Gasteiger partial charge in [-0.15, -0.1) is 0 Å². The Hall–Kier alpha value is -3.27. The molecular formula is C28H39N3O7. The van der Waals surface area contributed by atoms with Gasteiger partial charge in [-0.1, -0.05) is 44.2 Å². The van der Waals surface area contributed by atoms with E-state index in [1.54, 1.807) is 38.1 Å². The maximum atomic E-state index is 12.9. The van der Waals surface area contributed by atoms with E-state index < -0.39 is 30.1 Å². The fourth-order valence-corrected chi connectivity index (χ4v) is 5.19. The Bertz CT molecular complexity index is 992. The minimum absolute atomic E-state index is 0.223. The number of hydrogen-bond donors (Lipinski definition) is 2. The number of carboxylic acids is 1. The molecule has 1 aromatic carbocycles. The van der Waals surface area contributed by atoms with Crippen LogP contribution in [0.15, 0.2) is 24.3 Å². The molecule has 2 heterocycles. The predicted octanol–water partition coefficient (Wildman–Crippen LogP) is 3.00. The summed E-state index contributed by atoms with van der Waals surface area (Å²) in [6.45, 7) is 4.43. The summed E-state index contributed by atoms with van der Waals surface area (Å²) in [6.07, 6.45) is 6.76. The van der Waals surface area contributed by atoms with E-state index in [9.17, 15) is 29.1 Å². The molecular weight excluding hydrogens is 490 g/mol. The molecule has 2 N–H and O–H groups in total. The molecule has 0 aliphatic carbocycles. The summed E-state index contributed by atoms with van der Waals surface area (Å²) in [4.78, 5) is 64.4. The highest BCUT2D eigenvalue weighted by Gasteiger charge is 2.37. The van der Waals surface area contributed by atoms with E-state index in [1.165, 1.54) is 9.80 Å². The molecule has 0 radical (unpaired) electrons. The van der Waals surface area contributed by atoms with Crippen molar-refractivity contribution in [2.75, 3.05) is 19.7 Å². The second-order valence-electron chi connectivity index (χ2n) is 9.94. The molecule has 3 amide bonds. The lowest BCUT2D eigenvalue weighted by Crippen LogP contribution is -2.53. The Morgan fingerprint density at radius 3 is 2.24 bits per heavy atom. The Morgan fingerprint density at radius 2 is 1.63 bits per heavy atom. The average Bonchev–Trinajstić information content (AvgIpc) is 3.49. The van der Waals surface area contributed by atoms with Crippen LogP contribution in [0.5, 0.6) is 0 Å². The first kappa shape index (κ1) is 29.3. The third-order valence-electron chi connectivity index (χ3n) is 7.22. The Morgan fingerprint density at radius 1 is 1.03 bits per heavy atom. The summed E-state index contributed by atoms with van der Waals surface area (Å²) in [6, 6.07) is 4.73. The van der Waals surface area contributed by atoms with Crippen LogP contribution >= 0.6 is 0 Å². The highest BCUT2D eigenvalue weighted by Crippen LogP contribution is 2.23. The number of amides is 3.